The zero-order chi connectivity index (χ0) is 19.4. The molecule has 0 fully saturated rings. The van der Waals surface area contributed by atoms with E-state index in [0.29, 0.717) is 12.8 Å². The van der Waals surface area contributed by atoms with Crippen molar-refractivity contribution in [3.8, 4) is 0 Å². The van der Waals surface area contributed by atoms with Gasteiger partial charge in [-0.2, -0.15) is 0 Å². The summed E-state index contributed by atoms with van der Waals surface area (Å²) < 4.78 is 18.6. The van der Waals surface area contributed by atoms with Gasteiger partial charge in [-0.1, -0.05) is 18.2 Å². The van der Waals surface area contributed by atoms with Crippen LogP contribution in [-0.4, -0.2) is 19.3 Å². The summed E-state index contributed by atoms with van der Waals surface area (Å²) in [4.78, 5) is 12.6. The molecule has 0 heterocycles. The minimum Gasteiger partial charge on any atom is -0.469 e. The van der Waals surface area contributed by atoms with Crippen LogP contribution in [0.1, 0.15) is 42.9 Å². The smallest absolute Gasteiger partial charge is 0.305 e. The molecule has 1 aliphatic rings. The molecular weight excluding hydrogens is 359 g/mol. The molecule has 140 valence electrons. The number of esters is 1. The van der Waals surface area contributed by atoms with Gasteiger partial charge in [0.25, 0.3) is 0 Å². The van der Waals surface area contributed by atoms with E-state index in [4.69, 9.17) is 4.74 Å². The van der Waals surface area contributed by atoms with E-state index in [1.165, 1.54) is 18.1 Å². The number of hydrogen-bond donors (Lipinski definition) is 0. The molecule has 0 N–H and O–H groups in total. The van der Waals surface area contributed by atoms with Gasteiger partial charge in [0, 0.05) is 11.3 Å². The fourth-order valence-corrected chi connectivity index (χ4v) is 3.86. The van der Waals surface area contributed by atoms with Crippen LogP contribution in [0, 0.1) is 5.82 Å². The lowest BCUT2D eigenvalue weighted by Gasteiger charge is -2.06. The molecule has 2 aromatic carbocycles. The van der Waals surface area contributed by atoms with Crippen molar-refractivity contribution in [3.63, 3.8) is 0 Å². The van der Waals surface area contributed by atoms with Gasteiger partial charge < -0.3 is 4.74 Å². The molecule has 0 spiro atoms. The third-order valence-corrected chi connectivity index (χ3v) is 5.66. The predicted octanol–water partition coefficient (Wildman–Crippen LogP) is 6.22. The number of benzene rings is 2. The van der Waals surface area contributed by atoms with Crippen LogP contribution >= 0.6 is 11.8 Å². The highest BCUT2D eigenvalue weighted by Gasteiger charge is 2.24. The Labute approximate surface area is 164 Å². The van der Waals surface area contributed by atoms with Gasteiger partial charge in [-0.25, -0.2) is 4.39 Å². The van der Waals surface area contributed by atoms with Crippen LogP contribution in [0.2, 0.25) is 0 Å². The molecular formula is C23H23FO2S. The summed E-state index contributed by atoms with van der Waals surface area (Å²) in [6.45, 7) is 2.08. The van der Waals surface area contributed by atoms with E-state index in [1.54, 1.807) is 17.8 Å². The van der Waals surface area contributed by atoms with Crippen LogP contribution in [0.3, 0.4) is 0 Å². The molecule has 0 aromatic heterocycles. The van der Waals surface area contributed by atoms with E-state index in [-0.39, 0.29) is 11.8 Å². The minimum absolute atomic E-state index is 0.213. The molecule has 0 radical (unpaired) electrons. The van der Waals surface area contributed by atoms with Gasteiger partial charge in [-0.3, -0.25) is 4.79 Å². The van der Waals surface area contributed by atoms with E-state index in [2.05, 4.69) is 43.5 Å². The quantitative estimate of drug-likeness (QED) is 0.438. The number of thioether (sulfide) groups is 1. The Morgan fingerprint density at radius 3 is 2.56 bits per heavy atom. The minimum atomic E-state index is -0.238. The van der Waals surface area contributed by atoms with E-state index in [1.807, 2.05) is 6.07 Å². The molecule has 0 saturated carbocycles. The van der Waals surface area contributed by atoms with E-state index in [9.17, 15) is 9.18 Å². The normalized spacial score (nSPS) is 14.6. The number of allylic oxidation sites excluding steroid dienone is 3. The van der Waals surface area contributed by atoms with Crippen LogP contribution in [0.5, 0.6) is 0 Å². The molecule has 0 bridgehead atoms. The fraction of sp³-hybridized carbons (Fsp3) is 0.261. The van der Waals surface area contributed by atoms with Crippen molar-refractivity contribution in [1.29, 1.82) is 0 Å². The largest absolute Gasteiger partial charge is 0.469 e. The third kappa shape index (κ3) is 4.33. The first-order chi connectivity index (χ1) is 13.0. The highest BCUT2D eigenvalue weighted by Crippen LogP contribution is 2.44. The van der Waals surface area contributed by atoms with E-state index in [0.717, 1.165) is 39.8 Å². The van der Waals surface area contributed by atoms with Gasteiger partial charge in [0.2, 0.25) is 0 Å². The number of rotatable bonds is 6. The second-order valence-electron chi connectivity index (χ2n) is 6.55. The van der Waals surface area contributed by atoms with Crippen molar-refractivity contribution in [1.82, 2.24) is 0 Å². The zero-order valence-corrected chi connectivity index (χ0v) is 16.7. The van der Waals surface area contributed by atoms with Crippen molar-refractivity contribution in [2.45, 2.75) is 31.1 Å². The molecule has 27 heavy (non-hydrogen) atoms. The standard InChI is InChI=1S/C23H23FO2S/c1-15-19(5-4-6-23(25)26-2)22-14-17(24)9-12-20(22)21(15)13-16-7-10-18(27-3)11-8-16/h7-14H,4-6H2,1-3H3/b21-13-. The first kappa shape index (κ1) is 19.4. The predicted molar refractivity (Wildman–Crippen MR) is 111 cm³/mol. The average Bonchev–Trinajstić information content (AvgIpc) is 2.93. The SMILES string of the molecule is COC(=O)CCCC1=C(C)/C(=C/c2ccc(SC)cc2)c2ccc(F)cc21. The van der Waals surface area contributed by atoms with Gasteiger partial charge >= 0.3 is 5.97 Å². The number of carbonyl (C=O) groups is 1. The molecule has 3 rings (SSSR count). The van der Waals surface area contributed by atoms with Crippen molar-refractivity contribution in [2.24, 2.45) is 0 Å². The second-order valence-corrected chi connectivity index (χ2v) is 7.43. The summed E-state index contributed by atoms with van der Waals surface area (Å²) in [5.41, 5.74) is 6.48. The van der Waals surface area contributed by atoms with Gasteiger partial charge in [-0.05, 0) is 89.8 Å². The Morgan fingerprint density at radius 2 is 1.89 bits per heavy atom. The molecule has 0 saturated heterocycles. The first-order valence-corrected chi connectivity index (χ1v) is 10.2. The summed E-state index contributed by atoms with van der Waals surface area (Å²) in [5, 5.41) is 0. The van der Waals surface area contributed by atoms with Crippen LogP contribution in [0.4, 0.5) is 4.39 Å². The van der Waals surface area contributed by atoms with Crippen LogP contribution in [-0.2, 0) is 9.53 Å². The van der Waals surface area contributed by atoms with Crippen LogP contribution in [0.15, 0.2) is 52.9 Å². The molecule has 2 nitrogen and oxygen atoms in total. The summed E-state index contributed by atoms with van der Waals surface area (Å²) in [7, 11) is 1.40. The molecule has 0 atom stereocenters. The number of hydrogen-bond acceptors (Lipinski definition) is 3. The maximum Gasteiger partial charge on any atom is 0.305 e. The molecule has 1 aliphatic carbocycles. The Kier molecular flexibility index (Phi) is 6.17. The van der Waals surface area contributed by atoms with Crippen molar-refractivity contribution in [3.05, 3.63) is 70.5 Å². The average molecular weight is 383 g/mol. The Hall–Kier alpha value is -2.33. The maximum atomic E-state index is 13.9. The highest BCUT2D eigenvalue weighted by atomic mass is 32.2. The van der Waals surface area contributed by atoms with Crippen LogP contribution in [0.25, 0.3) is 17.2 Å². The van der Waals surface area contributed by atoms with Crippen molar-refractivity contribution < 1.29 is 13.9 Å². The lowest BCUT2D eigenvalue weighted by atomic mass is 10.00. The van der Waals surface area contributed by atoms with Gasteiger partial charge in [0.1, 0.15) is 5.82 Å². The van der Waals surface area contributed by atoms with Gasteiger partial charge in [0.15, 0.2) is 0 Å². The number of ether oxygens (including phenoxy) is 1. The molecule has 4 heteroatoms. The molecule has 0 aliphatic heterocycles. The van der Waals surface area contributed by atoms with Crippen molar-refractivity contribution >= 4 is 35.0 Å². The summed E-state index contributed by atoms with van der Waals surface area (Å²) in [5.74, 6) is -0.451. The number of halogens is 1. The number of fused-ring (bicyclic) bond motifs is 1. The second kappa shape index (κ2) is 8.57. The van der Waals surface area contributed by atoms with E-state index < -0.39 is 0 Å². The van der Waals surface area contributed by atoms with Crippen LogP contribution < -0.4 is 0 Å². The number of carbonyl (C=O) groups excluding carboxylic acids is 1. The molecule has 2 aromatic rings. The lowest BCUT2D eigenvalue weighted by molar-refractivity contribution is -0.140. The summed E-state index contributed by atoms with van der Waals surface area (Å²) >= 11 is 1.72. The zero-order valence-electron chi connectivity index (χ0n) is 15.8. The fourth-order valence-electron chi connectivity index (χ4n) is 3.45. The van der Waals surface area contributed by atoms with E-state index >= 15 is 0 Å². The maximum absolute atomic E-state index is 13.9. The first-order valence-electron chi connectivity index (χ1n) is 8.96. The Morgan fingerprint density at radius 1 is 1.15 bits per heavy atom. The topological polar surface area (TPSA) is 26.3 Å². The van der Waals surface area contributed by atoms with Gasteiger partial charge in [-0.15, -0.1) is 11.8 Å². The monoisotopic (exact) mass is 382 g/mol. The molecule has 0 unspecified atom stereocenters. The number of methoxy groups -OCH3 is 1. The summed E-state index contributed by atoms with van der Waals surface area (Å²) in [6.07, 6.45) is 5.99. The van der Waals surface area contributed by atoms with Crippen molar-refractivity contribution in [2.75, 3.05) is 13.4 Å². The highest BCUT2D eigenvalue weighted by molar-refractivity contribution is 7.98. The summed E-state index contributed by atoms with van der Waals surface area (Å²) in [6, 6.07) is 13.4. The Bertz CT molecular complexity index is 910. The lowest BCUT2D eigenvalue weighted by Crippen LogP contribution is -1.99. The molecule has 0 amide bonds. The van der Waals surface area contributed by atoms with Gasteiger partial charge in [0.05, 0.1) is 7.11 Å². The third-order valence-electron chi connectivity index (χ3n) is 4.92. The Balaban J connectivity index is 1.95.